The lowest BCUT2D eigenvalue weighted by atomic mass is 9.92. The first-order chi connectivity index (χ1) is 5.64. The largest absolute Gasteiger partial charge is 0.381 e. The van der Waals surface area contributed by atoms with Gasteiger partial charge in [-0.25, -0.2) is 0 Å². The summed E-state index contributed by atoms with van der Waals surface area (Å²) in [6.45, 7) is 5.54. The molecule has 1 fully saturated rings. The summed E-state index contributed by atoms with van der Waals surface area (Å²) in [5, 5.41) is 8.71. The zero-order chi connectivity index (χ0) is 9.03. The number of nitriles is 1. The van der Waals surface area contributed by atoms with Crippen LogP contribution in [0.25, 0.3) is 0 Å². The number of hydrogen-bond donors (Lipinski definition) is 0. The molecule has 2 heteroatoms. The molecular formula is C10H17NO. The van der Waals surface area contributed by atoms with Crippen LogP contribution in [0.5, 0.6) is 0 Å². The summed E-state index contributed by atoms with van der Waals surface area (Å²) in [7, 11) is 0. The summed E-state index contributed by atoms with van der Waals surface area (Å²) in [4.78, 5) is 0. The van der Waals surface area contributed by atoms with Gasteiger partial charge in [0.15, 0.2) is 0 Å². The molecule has 12 heavy (non-hydrogen) atoms. The van der Waals surface area contributed by atoms with Crippen molar-refractivity contribution in [2.75, 3.05) is 13.2 Å². The first-order valence-electron chi connectivity index (χ1n) is 4.63. The van der Waals surface area contributed by atoms with Gasteiger partial charge < -0.3 is 4.74 Å². The average Bonchev–Trinajstić information content (AvgIpc) is 2.82. The van der Waals surface area contributed by atoms with Crippen molar-refractivity contribution in [2.45, 2.75) is 33.1 Å². The molecule has 68 valence electrons. The molecule has 0 aromatic rings. The molecule has 0 N–H and O–H groups in total. The lowest BCUT2D eigenvalue weighted by Gasteiger charge is -2.14. The van der Waals surface area contributed by atoms with Crippen LogP contribution in [-0.4, -0.2) is 13.2 Å². The van der Waals surface area contributed by atoms with Gasteiger partial charge in [-0.1, -0.05) is 0 Å². The summed E-state index contributed by atoms with van der Waals surface area (Å²) < 4.78 is 5.44. The first-order valence-corrected chi connectivity index (χ1v) is 4.63. The molecule has 2 nitrogen and oxygen atoms in total. The van der Waals surface area contributed by atoms with E-state index in [2.05, 4.69) is 6.07 Å². The minimum absolute atomic E-state index is 0.219. The summed E-state index contributed by atoms with van der Waals surface area (Å²) in [5.74, 6) is 0.829. The molecule has 0 amide bonds. The minimum Gasteiger partial charge on any atom is -0.381 e. The highest BCUT2D eigenvalue weighted by Crippen LogP contribution is 2.29. The molecule has 0 aliphatic heterocycles. The van der Waals surface area contributed by atoms with Gasteiger partial charge in [-0.15, -0.1) is 0 Å². The number of nitrogens with zero attached hydrogens (tertiary/aromatic N) is 1. The molecule has 0 bridgehead atoms. The van der Waals surface area contributed by atoms with E-state index >= 15 is 0 Å². The molecule has 0 aromatic carbocycles. The van der Waals surface area contributed by atoms with Gasteiger partial charge in [0, 0.05) is 13.2 Å². The highest BCUT2D eigenvalue weighted by Gasteiger charge is 2.22. The van der Waals surface area contributed by atoms with Crippen LogP contribution in [0.1, 0.15) is 33.1 Å². The molecule has 0 heterocycles. The Morgan fingerprint density at radius 3 is 2.67 bits per heavy atom. The third-order valence-electron chi connectivity index (χ3n) is 2.22. The summed E-state index contributed by atoms with van der Waals surface area (Å²) in [6.07, 6.45) is 3.51. The van der Waals surface area contributed by atoms with Crippen molar-refractivity contribution in [3.05, 3.63) is 0 Å². The van der Waals surface area contributed by atoms with E-state index < -0.39 is 0 Å². The molecule has 1 saturated carbocycles. The fourth-order valence-corrected chi connectivity index (χ4v) is 0.918. The third kappa shape index (κ3) is 3.73. The van der Waals surface area contributed by atoms with Gasteiger partial charge in [0.05, 0.1) is 11.5 Å². The average molecular weight is 167 g/mol. The van der Waals surface area contributed by atoms with Crippen molar-refractivity contribution in [1.82, 2.24) is 0 Å². The Bertz CT molecular complexity index is 177. The lowest BCUT2D eigenvalue weighted by molar-refractivity contribution is 0.106. The predicted molar refractivity (Wildman–Crippen MR) is 47.6 cm³/mol. The minimum atomic E-state index is -0.219. The topological polar surface area (TPSA) is 33.0 Å². The third-order valence-corrected chi connectivity index (χ3v) is 2.22. The van der Waals surface area contributed by atoms with Crippen LogP contribution in [0, 0.1) is 22.7 Å². The van der Waals surface area contributed by atoms with Crippen LogP contribution in [-0.2, 0) is 4.74 Å². The molecule has 0 atom stereocenters. The molecule has 1 aliphatic rings. The molecule has 0 unspecified atom stereocenters. The Morgan fingerprint density at radius 2 is 2.17 bits per heavy atom. The molecular weight excluding hydrogens is 150 g/mol. The molecule has 1 rings (SSSR count). The van der Waals surface area contributed by atoms with Crippen LogP contribution in [0.3, 0.4) is 0 Å². The quantitative estimate of drug-likeness (QED) is 0.589. The smallest absolute Gasteiger partial charge is 0.0684 e. The Hall–Kier alpha value is -0.550. The van der Waals surface area contributed by atoms with Crippen LogP contribution in [0.4, 0.5) is 0 Å². The Balaban J connectivity index is 1.97. The highest BCUT2D eigenvalue weighted by atomic mass is 16.5. The van der Waals surface area contributed by atoms with Crippen LogP contribution >= 0.6 is 0 Å². The van der Waals surface area contributed by atoms with E-state index in [-0.39, 0.29) is 5.41 Å². The Kier molecular flexibility index (Phi) is 3.11. The molecule has 0 saturated heterocycles. The van der Waals surface area contributed by atoms with E-state index in [9.17, 15) is 0 Å². The number of rotatable bonds is 5. The summed E-state index contributed by atoms with van der Waals surface area (Å²) in [6, 6.07) is 2.27. The second kappa shape index (κ2) is 3.91. The van der Waals surface area contributed by atoms with Crippen molar-refractivity contribution in [1.29, 1.82) is 5.26 Å². The first kappa shape index (κ1) is 9.54. The number of ether oxygens (including phenoxy) is 1. The van der Waals surface area contributed by atoms with E-state index in [0.717, 1.165) is 25.6 Å². The highest BCUT2D eigenvalue weighted by molar-refractivity contribution is 4.91. The van der Waals surface area contributed by atoms with Gasteiger partial charge in [-0.3, -0.25) is 0 Å². The second-order valence-corrected chi connectivity index (χ2v) is 4.26. The summed E-state index contributed by atoms with van der Waals surface area (Å²) in [5.41, 5.74) is -0.219. The van der Waals surface area contributed by atoms with Crippen LogP contribution in [0.2, 0.25) is 0 Å². The van der Waals surface area contributed by atoms with Gasteiger partial charge in [-0.05, 0) is 39.0 Å². The summed E-state index contributed by atoms with van der Waals surface area (Å²) >= 11 is 0. The molecule has 0 radical (unpaired) electrons. The zero-order valence-electron chi connectivity index (χ0n) is 7.97. The Morgan fingerprint density at radius 1 is 1.50 bits per heavy atom. The SMILES string of the molecule is CC(C)(C#N)CCOCC1CC1. The second-order valence-electron chi connectivity index (χ2n) is 4.26. The molecule has 1 aliphatic carbocycles. The fraction of sp³-hybridized carbons (Fsp3) is 0.900. The Labute approximate surface area is 74.5 Å². The maximum absolute atomic E-state index is 8.71. The van der Waals surface area contributed by atoms with E-state index in [0.29, 0.717) is 0 Å². The molecule has 0 aromatic heterocycles. The van der Waals surface area contributed by atoms with Gasteiger partial charge in [0.2, 0.25) is 0 Å². The standard InChI is InChI=1S/C10H17NO/c1-10(2,8-11)5-6-12-7-9-3-4-9/h9H,3-7H2,1-2H3. The maximum atomic E-state index is 8.71. The van der Waals surface area contributed by atoms with Crippen molar-refractivity contribution in [2.24, 2.45) is 11.3 Å². The number of hydrogen-bond acceptors (Lipinski definition) is 2. The van der Waals surface area contributed by atoms with E-state index in [4.69, 9.17) is 10.00 Å². The van der Waals surface area contributed by atoms with Crippen molar-refractivity contribution >= 4 is 0 Å². The van der Waals surface area contributed by atoms with Gasteiger partial charge in [0.25, 0.3) is 0 Å². The van der Waals surface area contributed by atoms with E-state index in [1.54, 1.807) is 0 Å². The lowest BCUT2D eigenvalue weighted by Crippen LogP contribution is -2.12. The fourth-order valence-electron chi connectivity index (χ4n) is 0.918. The predicted octanol–water partition coefficient (Wildman–Crippen LogP) is 2.35. The molecule has 0 spiro atoms. The monoisotopic (exact) mass is 167 g/mol. The van der Waals surface area contributed by atoms with Crippen LogP contribution in [0.15, 0.2) is 0 Å². The van der Waals surface area contributed by atoms with E-state index in [1.165, 1.54) is 12.8 Å². The maximum Gasteiger partial charge on any atom is 0.0684 e. The van der Waals surface area contributed by atoms with Crippen LogP contribution < -0.4 is 0 Å². The normalized spacial score (nSPS) is 17.4. The van der Waals surface area contributed by atoms with Gasteiger partial charge in [0.1, 0.15) is 0 Å². The van der Waals surface area contributed by atoms with Gasteiger partial charge >= 0.3 is 0 Å². The van der Waals surface area contributed by atoms with Crippen molar-refractivity contribution in [3.63, 3.8) is 0 Å². The van der Waals surface area contributed by atoms with Gasteiger partial charge in [-0.2, -0.15) is 5.26 Å². The van der Waals surface area contributed by atoms with Crippen molar-refractivity contribution in [3.8, 4) is 6.07 Å². The van der Waals surface area contributed by atoms with Crippen molar-refractivity contribution < 1.29 is 4.74 Å². The van der Waals surface area contributed by atoms with E-state index in [1.807, 2.05) is 13.8 Å². The zero-order valence-corrected chi connectivity index (χ0v) is 7.97.